The third-order valence-electron chi connectivity index (χ3n) is 2.08. The Hall–Kier alpha value is -0.630. The molecule has 2 heteroatoms. The van der Waals surface area contributed by atoms with Gasteiger partial charge in [0.15, 0.2) is 0 Å². The van der Waals surface area contributed by atoms with Crippen LogP contribution in [-0.4, -0.2) is 4.98 Å². The zero-order valence-electron chi connectivity index (χ0n) is 8.26. The smallest absolute Gasteiger partial charge is 0.0456 e. The molecule has 0 bridgehead atoms. The molecule has 0 aliphatic rings. The van der Waals surface area contributed by atoms with Gasteiger partial charge < -0.3 is 0 Å². The molecule has 0 amide bonds. The monoisotopic (exact) mass is 239 g/mol. The number of rotatable bonds is 2. The summed E-state index contributed by atoms with van der Waals surface area (Å²) in [6.45, 7) is 6.32. The lowest BCUT2D eigenvalue weighted by atomic mass is 10.1. The molecule has 70 valence electrons. The highest BCUT2D eigenvalue weighted by Crippen LogP contribution is 2.21. The van der Waals surface area contributed by atoms with Gasteiger partial charge in [-0.1, -0.05) is 34.5 Å². The van der Waals surface area contributed by atoms with Crippen molar-refractivity contribution in [3.8, 4) is 0 Å². The molecule has 0 aliphatic carbocycles. The molecule has 0 saturated carbocycles. The van der Waals surface area contributed by atoms with Crippen molar-refractivity contribution in [2.24, 2.45) is 0 Å². The third kappa shape index (κ3) is 2.66. The minimum atomic E-state index is 1.07. The van der Waals surface area contributed by atoms with E-state index in [1.54, 1.807) is 0 Å². The molecule has 0 fully saturated rings. The highest BCUT2D eigenvalue weighted by molar-refractivity contribution is 9.10. The van der Waals surface area contributed by atoms with Gasteiger partial charge in [-0.3, -0.25) is 4.98 Å². The number of hydrogen-bond acceptors (Lipinski definition) is 1. The Morgan fingerprint density at radius 3 is 2.85 bits per heavy atom. The van der Waals surface area contributed by atoms with E-state index in [0.29, 0.717) is 0 Å². The quantitative estimate of drug-likeness (QED) is 0.762. The van der Waals surface area contributed by atoms with Gasteiger partial charge in [0.05, 0.1) is 0 Å². The fraction of sp³-hybridized carbons (Fsp3) is 0.364. The summed E-state index contributed by atoms with van der Waals surface area (Å²) in [5.41, 5.74) is 3.64. The number of aromatic nitrogens is 1. The molecule has 1 nitrogen and oxygen atoms in total. The summed E-state index contributed by atoms with van der Waals surface area (Å²) in [5.74, 6) is 0. The zero-order chi connectivity index (χ0) is 9.84. The molecule has 1 aromatic heterocycles. The van der Waals surface area contributed by atoms with Crippen LogP contribution in [0, 0.1) is 6.92 Å². The van der Waals surface area contributed by atoms with Crippen LogP contribution in [0.25, 0.3) is 6.08 Å². The molecule has 0 unspecified atom stereocenters. The summed E-state index contributed by atoms with van der Waals surface area (Å²) < 4.78 is 1.12. The predicted octanol–water partition coefficient (Wildman–Crippen LogP) is 3.97. The van der Waals surface area contributed by atoms with Crippen LogP contribution < -0.4 is 0 Å². The number of pyridine rings is 1. The molecular formula is C11H14BrN. The van der Waals surface area contributed by atoms with E-state index in [1.807, 2.05) is 19.2 Å². The number of allylic oxidation sites excluding steroid dienone is 1. The van der Waals surface area contributed by atoms with E-state index in [-0.39, 0.29) is 0 Å². The number of halogens is 1. The second-order valence-corrected chi connectivity index (χ2v) is 3.99. The van der Waals surface area contributed by atoms with Crippen molar-refractivity contribution >= 4 is 22.0 Å². The first-order chi connectivity index (χ1) is 6.15. The second-order valence-electron chi connectivity index (χ2n) is 3.14. The Morgan fingerprint density at radius 2 is 2.31 bits per heavy atom. The Balaban J connectivity index is 3.14. The van der Waals surface area contributed by atoms with Gasteiger partial charge in [-0.05, 0) is 26.3 Å². The predicted molar refractivity (Wildman–Crippen MR) is 60.6 cm³/mol. The van der Waals surface area contributed by atoms with Crippen LogP contribution in [0.4, 0.5) is 0 Å². The lowest BCUT2D eigenvalue weighted by Gasteiger charge is -2.03. The van der Waals surface area contributed by atoms with Gasteiger partial charge in [-0.25, -0.2) is 0 Å². The normalized spacial score (nSPS) is 11.8. The molecule has 0 spiro atoms. The maximum absolute atomic E-state index is 4.25. The Labute approximate surface area is 88.0 Å². The summed E-state index contributed by atoms with van der Waals surface area (Å²) >= 11 is 3.52. The van der Waals surface area contributed by atoms with Crippen molar-refractivity contribution < 1.29 is 0 Å². The molecular weight excluding hydrogens is 226 g/mol. The molecule has 0 aliphatic heterocycles. The van der Waals surface area contributed by atoms with Gasteiger partial charge in [0, 0.05) is 21.9 Å². The van der Waals surface area contributed by atoms with E-state index in [0.717, 1.165) is 16.6 Å². The summed E-state index contributed by atoms with van der Waals surface area (Å²) in [4.78, 5) is 4.25. The van der Waals surface area contributed by atoms with Crippen LogP contribution in [0.15, 0.2) is 22.3 Å². The van der Waals surface area contributed by atoms with Crippen LogP contribution in [0.3, 0.4) is 0 Å². The van der Waals surface area contributed by atoms with E-state index in [4.69, 9.17) is 0 Å². The number of aryl methyl sites for hydroxylation is 1. The second kappa shape index (κ2) is 4.56. The first-order valence-electron chi connectivity index (χ1n) is 4.43. The first kappa shape index (κ1) is 10.5. The minimum absolute atomic E-state index is 1.07. The van der Waals surface area contributed by atoms with Gasteiger partial charge in [-0.15, -0.1) is 0 Å². The number of nitrogens with zero attached hydrogens (tertiary/aromatic N) is 1. The van der Waals surface area contributed by atoms with Crippen molar-refractivity contribution in [2.45, 2.75) is 27.2 Å². The highest BCUT2D eigenvalue weighted by Gasteiger charge is 2.00. The summed E-state index contributed by atoms with van der Waals surface area (Å²) in [5, 5.41) is 0. The Kier molecular flexibility index (Phi) is 3.67. The standard InChI is InChI=1S/C11H14BrN/c1-4-8(2)7-10-9(3)13-6-5-11(10)12/h5-7H,4H2,1-3H3/b8-7+. The lowest BCUT2D eigenvalue weighted by molar-refractivity contribution is 1.11. The van der Waals surface area contributed by atoms with Crippen LogP contribution in [0.1, 0.15) is 31.5 Å². The molecule has 1 heterocycles. The van der Waals surface area contributed by atoms with Crippen molar-refractivity contribution in [3.05, 3.63) is 33.6 Å². The van der Waals surface area contributed by atoms with E-state index in [9.17, 15) is 0 Å². The van der Waals surface area contributed by atoms with Gasteiger partial charge in [0.1, 0.15) is 0 Å². The Morgan fingerprint density at radius 1 is 1.62 bits per heavy atom. The summed E-state index contributed by atoms with van der Waals surface area (Å²) in [6, 6.07) is 1.97. The molecule has 13 heavy (non-hydrogen) atoms. The molecule has 0 atom stereocenters. The van der Waals surface area contributed by atoms with E-state index in [2.05, 4.69) is 40.8 Å². The fourth-order valence-electron chi connectivity index (χ4n) is 1.07. The fourth-order valence-corrected chi connectivity index (χ4v) is 1.59. The molecule has 0 N–H and O–H groups in total. The largest absolute Gasteiger partial charge is 0.261 e. The van der Waals surface area contributed by atoms with E-state index >= 15 is 0 Å². The molecule has 1 aromatic rings. The van der Waals surface area contributed by atoms with Gasteiger partial charge in [0.25, 0.3) is 0 Å². The van der Waals surface area contributed by atoms with Crippen molar-refractivity contribution in [2.75, 3.05) is 0 Å². The van der Waals surface area contributed by atoms with E-state index < -0.39 is 0 Å². The van der Waals surface area contributed by atoms with Crippen molar-refractivity contribution in [1.82, 2.24) is 4.98 Å². The number of hydrogen-bond donors (Lipinski definition) is 0. The maximum Gasteiger partial charge on any atom is 0.0456 e. The zero-order valence-corrected chi connectivity index (χ0v) is 9.85. The van der Waals surface area contributed by atoms with Crippen molar-refractivity contribution in [1.29, 1.82) is 0 Å². The molecule has 0 aromatic carbocycles. The summed E-state index contributed by atoms with van der Waals surface area (Å²) in [6.07, 6.45) is 5.09. The first-order valence-corrected chi connectivity index (χ1v) is 5.22. The third-order valence-corrected chi connectivity index (χ3v) is 2.78. The van der Waals surface area contributed by atoms with E-state index in [1.165, 1.54) is 11.1 Å². The van der Waals surface area contributed by atoms with Gasteiger partial charge in [-0.2, -0.15) is 0 Å². The highest BCUT2D eigenvalue weighted by atomic mass is 79.9. The minimum Gasteiger partial charge on any atom is -0.261 e. The lowest BCUT2D eigenvalue weighted by Crippen LogP contribution is -1.87. The van der Waals surface area contributed by atoms with Crippen LogP contribution in [0.5, 0.6) is 0 Å². The van der Waals surface area contributed by atoms with Crippen LogP contribution >= 0.6 is 15.9 Å². The Bertz CT molecular complexity index is 309. The van der Waals surface area contributed by atoms with Crippen LogP contribution in [-0.2, 0) is 0 Å². The van der Waals surface area contributed by atoms with Crippen LogP contribution in [0.2, 0.25) is 0 Å². The molecule has 1 rings (SSSR count). The molecule has 0 radical (unpaired) electrons. The maximum atomic E-state index is 4.25. The molecule has 0 saturated heterocycles. The van der Waals surface area contributed by atoms with Gasteiger partial charge in [0.2, 0.25) is 0 Å². The average molecular weight is 240 g/mol. The summed E-state index contributed by atoms with van der Waals surface area (Å²) in [7, 11) is 0. The van der Waals surface area contributed by atoms with Crippen molar-refractivity contribution in [3.63, 3.8) is 0 Å². The van der Waals surface area contributed by atoms with Gasteiger partial charge >= 0.3 is 0 Å². The average Bonchev–Trinajstić information content (AvgIpc) is 2.11. The topological polar surface area (TPSA) is 12.9 Å². The SMILES string of the molecule is CC/C(C)=C/c1c(Br)ccnc1C.